The Hall–Kier alpha value is -1.38. The minimum Gasteiger partial charge on any atom is -0.454 e. The van der Waals surface area contributed by atoms with Crippen LogP contribution in [0.15, 0.2) is 24.3 Å². The van der Waals surface area contributed by atoms with Gasteiger partial charge >= 0.3 is 5.97 Å². The van der Waals surface area contributed by atoms with Gasteiger partial charge in [-0.3, -0.25) is 9.59 Å². The molecule has 0 amide bonds. The third-order valence-electron chi connectivity index (χ3n) is 2.59. The number of ether oxygens (including phenoxy) is 1. The van der Waals surface area contributed by atoms with Crippen molar-refractivity contribution in [3.8, 4) is 0 Å². The summed E-state index contributed by atoms with van der Waals surface area (Å²) in [6, 6.07) is 0. The maximum absolute atomic E-state index is 11.6. The van der Waals surface area contributed by atoms with Crippen LogP contribution in [0.3, 0.4) is 0 Å². The zero-order chi connectivity index (χ0) is 11.5. The second-order valence-corrected chi connectivity index (χ2v) is 3.87. The molecular weight excluding hydrogens is 192 g/mol. The lowest BCUT2D eigenvalue weighted by Gasteiger charge is -2.28. The molecule has 0 aliphatic heterocycles. The van der Waals surface area contributed by atoms with E-state index in [1.807, 2.05) is 19.1 Å². The molecule has 2 unspecified atom stereocenters. The van der Waals surface area contributed by atoms with Crippen LogP contribution in [0.2, 0.25) is 0 Å². The van der Waals surface area contributed by atoms with E-state index in [4.69, 9.17) is 4.74 Å². The fourth-order valence-electron chi connectivity index (χ4n) is 1.80. The highest BCUT2D eigenvalue weighted by Crippen LogP contribution is 2.33. The summed E-state index contributed by atoms with van der Waals surface area (Å²) in [6.07, 6.45) is 7.57. The largest absolute Gasteiger partial charge is 0.454 e. The first-order valence-corrected chi connectivity index (χ1v) is 5.03. The summed E-state index contributed by atoms with van der Waals surface area (Å²) in [5.41, 5.74) is -0.775. The van der Waals surface area contributed by atoms with E-state index in [1.54, 1.807) is 13.0 Å². The maximum atomic E-state index is 11.6. The van der Waals surface area contributed by atoms with Gasteiger partial charge in [-0.25, -0.2) is 0 Å². The van der Waals surface area contributed by atoms with E-state index in [0.717, 1.165) is 0 Å². The topological polar surface area (TPSA) is 43.4 Å². The minimum atomic E-state index is -0.775. The molecule has 1 aliphatic carbocycles. The van der Waals surface area contributed by atoms with Gasteiger partial charge in [-0.05, 0) is 32.4 Å². The zero-order valence-corrected chi connectivity index (χ0v) is 9.32. The molecule has 1 rings (SSSR count). The van der Waals surface area contributed by atoms with E-state index in [-0.39, 0.29) is 17.7 Å². The Kier molecular flexibility index (Phi) is 3.45. The lowest BCUT2D eigenvalue weighted by atomic mass is 9.88. The average Bonchev–Trinajstić information content (AvgIpc) is 2.39. The van der Waals surface area contributed by atoms with E-state index < -0.39 is 5.60 Å². The smallest absolute Gasteiger partial charge is 0.303 e. The van der Waals surface area contributed by atoms with Crippen molar-refractivity contribution in [2.24, 2.45) is 5.92 Å². The van der Waals surface area contributed by atoms with Gasteiger partial charge in [-0.1, -0.05) is 12.2 Å². The number of esters is 1. The quantitative estimate of drug-likeness (QED) is 0.526. The summed E-state index contributed by atoms with van der Waals surface area (Å²) in [5, 5.41) is 0. The molecule has 2 atom stereocenters. The number of carbonyl (C=O) groups excluding carboxylic acids is 2. The van der Waals surface area contributed by atoms with Gasteiger partial charge in [0.25, 0.3) is 0 Å². The Morgan fingerprint density at radius 1 is 1.67 bits per heavy atom. The van der Waals surface area contributed by atoms with Crippen LogP contribution in [0.4, 0.5) is 0 Å². The van der Waals surface area contributed by atoms with Crippen molar-refractivity contribution in [1.82, 2.24) is 0 Å². The van der Waals surface area contributed by atoms with Crippen molar-refractivity contribution < 1.29 is 14.3 Å². The van der Waals surface area contributed by atoms with Gasteiger partial charge in [0.15, 0.2) is 5.78 Å². The Morgan fingerprint density at radius 2 is 2.33 bits per heavy atom. The molecule has 0 N–H and O–H groups in total. The van der Waals surface area contributed by atoms with Gasteiger partial charge in [0, 0.05) is 6.92 Å². The van der Waals surface area contributed by atoms with Crippen LogP contribution in [0.1, 0.15) is 27.2 Å². The van der Waals surface area contributed by atoms with Crippen LogP contribution in [0.5, 0.6) is 0 Å². The molecule has 0 aromatic rings. The molecule has 0 saturated carbocycles. The van der Waals surface area contributed by atoms with E-state index in [9.17, 15) is 9.59 Å². The zero-order valence-electron chi connectivity index (χ0n) is 9.32. The highest BCUT2D eigenvalue weighted by atomic mass is 16.6. The second-order valence-electron chi connectivity index (χ2n) is 3.87. The maximum Gasteiger partial charge on any atom is 0.303 e. The number of hydrogen-bond donors (Lipinski definition) is 0. The average molecular weight is 208 g/mol. The molecule has 0 aromatic carbocycles. The molecule has 0 saturated heterocycles. The summed E-state index contributed by atoms with van der Waals surface area (Å²) < 4.78 is 5.20. The van der Waals surface area contributed by atoms with Gasteiger partial charge in [0.1, 0.15) is 5.60 Å². The van der Waals surface area contributed by atoms with Crippen LogP contribution in [-0.2, 0) is 14.3 Å². The van der Waals surface area contributed by atoms with Crippen LogP contribution < -0.4 is 0 Å². The summed E-state index contributed by atoms with van der Waals surface area (Å²) in [7, 11) is 0. The number of allylic oxidation sites excluding steroid dienone is 3. The molecule has 0 fully saturated rings. The molecule has 0 bridgehead atoms. The predicted molar refractivity (Wildman–Crippen MR) is 57.2 cm³/mol. The molecule has 1 aliphatic rings. The Morgan fingerprint density at radius 3 is 2.87 bits per heavy atom. The Balaban J connectivity index is 2.82. The number of ketones is 1. The monoisotopic (exact) mass is 208 g/mol. The molecule has 15 heavy (non-hydrogen) atoms. The molecule has 0 spiro atoms. The normalized spacial score (nSPS) is 30.1. The molecule has 0 aromatic heterocycles. The van der Waals surface area contributed by atoms with Crippen molar-refractivity contribution in [1.29, 1.82) is 0 Å². The molecule has 3 nitrogen and oxygen atoms in total. The molecule has 0 radical (unpaired) electrons. The number of rotatable bonds is 3. The van der Waals surface area contributed by atoms with E-state index in [2.05, 4.69) is 0 Å². The molecule has 82 valence electrons. The summed E-state index contributed by atoms with van der Waals surface area (Å²) in [6.45, 7) is 5.02. The van der Waals surface area contributed by atoms with Gasteiger partial charge in [-0.15, -0.1) is 0 Å². The van der Waals surface area contributed by atoms with Crippen molar-refractivity contribution in [2.75, 3.05) is 0 Å². The fraction of sp³-hybridized carbons (Fsp3) is 0.500. The summed E-state index contributed by atoms with van der Waals surface area (Å²) in [5.74, 6) is -0.614. The van der Waals surface area contributed by atoms with Crippen molar-refractivity contribution in [3.05, 3.63) is 24.3 Å². The highest BCUT2D eigenvalue weighted by molar-refractivity contribution is 5.96. The fourth-order valence-corrected chi connectivity index (χ4v) is 1.80. The Bertz CT molecular complexity index is 328. The van der Waals surface area contributed by atoms with Crippen molar-refractivity contribution in [3.63, 3.8) is 0 Å². The third kappa shape index (κ3) is 2.55. The number of carbonyl (C=O) groups is 2. The van der Waals surface area contributed by atoms with Crippen LogP contribution in [0, 0.1) is 5.92 Å². The molecular formula is C12H16O3. The standard InChI is InChI=1S/C12H16O3/c1-4-5-6-10-11(14)7-8-12(10,3)15-9(2)13/h4-5,7-8,10H,6H2,1-3H3/b5-4-. The summed E-state index contributed by atoms with van der Waals surface area (Å²) in [4.78, 5) is 22.5. The van der Waals surface area contributed by atoms with E-state index >= 15 is 0 Å². The van der Waals surface area contributed by atoms with Crippen LogP contribution in [0.25, 0.3) is 0 Å². The second kappa shape index (κ2) is 4.43. The molecule has 0 heterocycles. The molecule has 3 heteroatoms. The van der Waals surface area contributed by atoms with Crippen molar-refractivity contribution in [2.45, 2.75) is 32.8 Å². The SMILES string of the molecule is C/C=C\CC1C(=O)C=CC1(C)OC(C)=O. The number of hydrogen-bond acceptors (Lipinski definition) is 3. The van der Waals surface area contributed by atoms with E-state index in [0.29, 0.717) is 6.42 Å². The third-order valence-corrected chi connectivity index (χ3v) is 2.59. The predicted octanol–water partition coefficient (Wildman–Crippen LogP) is 2.03. The van der Waals surface area contributed by atoms with Gasteiger partial charge in [0.2, 0.25) is 0 Å². The summed E-state index contributed by atoms with van der Waals surface area (Å²) >= 11 is 0. The van der Waals surface area contributed by atoms with Gasteiger partial charge in [-0.2, -0.15) is 0 Å². The van der Waals surface area contributed by atoms with Crippen molar-refractivity contribution >= 4 is 11.8 Å². The first-order valence-electron chi connectivity index (χ1n) is 5.03. The minimum absolute atomic E-state index is 0.0249. The lowest BCUT2D eigenvalue weighted by molar-refractivity contribution is -0.155. The van der Waals surface area contributed by atoms with Crippen LogP contribution >= 0.6 is 0 Å². The highest BCUT2D eigenvalue weighted by Gasteiger charge is 2.42. The van der Waals surface area contributed by atoms with Gasteiger partial charge < -0.3 is 4.74 Å². The van der Waals surface area contributed by atoms with Crippen LogP contribution in [-0.4, -0.2) is 17.4 Å². The lowest BCUT2D eigenvalue weighted by Crippen LogP contribution is -2.37. The first kappa shape index (κ1) is 11.7. The first-order chi connectivity index (χ1) is 6.99. The van der Waals surface area contributed by atoms with Gasteiger partial charge in [0.05, 0.1) is 5.92 Å². The Labute approximate surface area is 89.8 Å². The van der Waals surface area contributed by atoms with E-state index in [1.165, 1.54) is 13.0 Å².